The van der Waals surface area contributed by atoms with Crippen molar-refractivity contribution >= 4 is 22.6 Å². The minimum Gasteiger partial charge on any atom is -0.370 e. The van der Waals surface area contributed by atoms with Crippen LogP contribution in [0.15, 0.2) is 24.3 Å². The van der Waals surface area contributed by atoms with Crippen LogP contribution >= 0.6 is 22.6 Å². The van der Waals surface area contributed by atoms with Gasteiger partial charge in [0.15, 0.2) is 0 Å². The van der Waals surface area contributed by atoms with Crippen molar-refractivity contribution in [2.24, 2.45) is 0 Å². The molecule has 2 unspecified atom stereocenters. The number of benzene rings is 1. The molecule has 84 valence electrons. The average Bonchev–Trinajstić information content (AvgIpc) is 2.26. The third kappa shape index (κ3) is 3.76. The minimum absolute atomic E-state index is 0.238. The first-order chi connectivity index (χ1) is 7.19. The van der Waals surface area contributed by atoms with Crippen LogP contribution in [0.25, 0.3) is 0 Å². The highest BCUT2D eigenvalue weighted by atomic mass is 127. The SMILES string of the molecule is CCC(C)OC(CI)c1ccccc1C. The van der Waals surface area contributed by atoms with Crippen molar-refractivity contribution < 1.29 is 4.74 Å². The van der Waals surface area contributed by atoms with Gasteiger partial charge in [0.05, 0.1) is 12.2 Å². The van der Waals surface area contributed by atoms with E-state index in [1.165, 1.54) is 11.1 Å². The highest BCUT2D eigenvalue weighted by Gasteiger charge is 2.14. The van der Waals surface area contributed by atoms with Gasteiger partial charge in [-0.15, -0.1) is 0 Å². The van der Waals surface area contributed by atoms with Crippen molar-refractivity contribution in [1.29, 1.82) is 0 Å². The molecule has 0 aromatic heterocycles. The smallest absolute Gasteiger partial charge is 0.0920 e. The molecule has 0 aliphatic rings. The Balaban J connectivity index is 2.78. The second kappa shape index (κ2) is 6.48. The van der Waals surface area contributed by atoms with E-state index in [2.05, 4.69) is 67.6 Å². The third-order valence-electron chi connectivity index (χ3n) is 2.65. The molecular weight excluding hydrogens is 299 g/mol. The van der Waals surface area contributed by atoms with Crippen molar-refractivity contribution in [2.75, 3.05) is 4.43 Å². The van der Waals surface area contributed by atoms with Gasteiger partial charge in [-0.3, -0.25) is 0 Å². The quantitative estimate of drug-likeness (QED) is 0.581. The molecule has 1 nitrogen and oxygen atoms in total. The summed E-state index contributed by atoms with van der Waals surface area (Å²) in [6.45, 7) is 6.44. The Bertz CT molecular complexity index is 298. The van der Waals surface area contributed by atoms with E-state index in [-0.39, 0.29) is 6.10 Å². The highest BCUT2D eigenvalue weighted by Crippen LogP contribution is 2.25. The van der Waals surface area contributed by atoms with Gasteiger partial charge >= 0.3 is 0 Å². The predicted octanol–water partition coefficient (Wildman–Crippen LogP) is 4.29. The standard InChI is InChI=1S/C13H19IO/c1-4-11(3)15-13(9-14)12-8-6-5-7-10(12)2/h5-8,11,13H,4,9H2,1-3H3. The summed E-state index contributed by atoms with van der Waals surface area (Å²) >= 11 is 2.39. The summed E-state index contributed by atoms with van der Waals surface area (Å²) in [7, 11) is 0. The van der Waals surface area contributed by atoms with Gasteiger partial charge in [0.2, 0.25) is 0 Å². The van der Waals surface area contributed by atoms with Crippen molar-refractivity contribution in [1.82, 2.24) is 0 Å². The van der Waals surface area contributed by atoms with Crippen LogP contribution in [-0.2, 0) is 4.74 Å². The van der Waals surface area contributed by atoms with Crippen LogP contribution in [0, 0.1) is 6.92 Å². The summed E-state index contributed by atoms with van der Waals surface area (Å²) in [5, 5.41) is 0. The molecule has 0 saturated heterocycles. The minimum atomic E-state index is 0.238. The summed E-state index contributed by atoms with van der Waals surface area (Å²) in [5.41, 5.74) is 2.65. The largest absolute Gasteiger partial charge is 0.370 e. The molecule has 15 heavy (non-hydrogen) atoms. The third-order valence-corrected chi connectivity index (χ3v) is 3.45. The van der Waals surface area contributed by atoms with Crippen LogP contribution < -0.4 is 0 Å². The summed E-state index contributed by atoms with van der Waals surface area (Å²) in [4.78, 5) is 0. The lowest BCUT2D eigenvalue weighted by Crippen LogP contribution is -2.14. The van der Waals surface area contributed by atoms with E-state index in [9.17, 15) is 0 Å². The Labute approximate surface area is 106 Å². The van der Waals surface area contributed by atoms with Crippen molar-refractivity contribution in [2.45, 2.75) is 39.4 Å². The zero-order valence-electron chi connectivity index (χ0n) is 9.66. The zero-order valence-corrected chi connectivity index (χ0v) is 11.8. The fourth-order valence-electron chi connectivity index (χ4n) is 1.52. The molecular formula is C13H19IO. The van der Waals surface area contributed by atoms with Crippen LogP contribution in [0.1, 0.15) is 37.5 Å². The van der Waals surface area contributed by atoms with Gasteiger partial charge in [-0.2, -0.15) is 0 Å². The van der Waals surface area contributed by atoms with Gasteiger partial charge in [0.25, 0.3) is 0 Å². The average molecular weight is 318 g/mol. The lowest BCUT2D eigenvalue weighted by Gasteiger charge is -2.21. The van der Waals surface area contributed by atoms with Gasteiger partial charge in [0, 0.05) is 4.43 Å². The summed E-state index contributed by atoms with van der Waals surface area (Å²) in [6, 6.07) is 8.48. The van der Waals surface area contributed by atoms with E-state index >= 15 is 0 Å². The van der Waals surface area contributed by atoms with Gasteiger partial charge in [-0.25, -0.2) is 0 Å². The van der Waals surface area contributed by atoms with E-state index in [0.717, 1.165) is 10.8 Å². The first kappa shape index (κ1) is 13.0. The van der Waals surface area contributed by atoms with E-state index in [1.54, 1.807) is 0 Å². The normalized spacial score (nSPS) is 14.9. The molecule has 1 aromatic carbocycles. The number of rotatable bonds is 5. The Hall–Kier alpha value is -0.0900. The van der Waals surface area contributed by atoms with E-state index in [0.29, 0.717) is 6.10 Å². The molecule has 0 saturated carbocycles. The molecule has 0 amide bonds. The maximum atomic E-state index is 6.01. The molecule has 0 spiro atoms. The Morgan fingerprint density at radius 1 is 1.33 bits per heavy atom. The predicted molar refractivity (Wildman–Crippen MR) is 73.6 cm³/mol. The molecule has 0 aliphatic carbocycles. The Morgan fingerprint density at radius 3 is 2.53 bits per heavy atom. The Morgan fingerprint density at radius 2 is 2.00 bits per heavy atom. The summed E-state index contributed by atoms with van der Waals surface area (Å²) in [6.07, 6.45) is 1.64. The number of alkyl halides is 1. The van der Waals surface area contributed by atoms with Crippen LogP contribution in [0.2, 0.25) is 0 Å². The molecule has 0 bridgehead atoms. The lowest BCUT2D eigenvalue weighted by atomic mass is 10.0. The second-order valence-electron chi connectivity index (χ2n) is 3.85. The molecule has 0 N–H and O–H groups in total. The number of ether oxygens (including phenoxy) is 1. The number of hydrogen-bond donors (Lipinski definition) is 0. The molecule has 0 radical (unpaired) electrons. The monoisotopic (exact) mass is 318 g/mol. The van der Waals surface area contributed by atoms with E-state index in [1.807, 2.05) is 0 Å². The van der Waals surface area contributed by atoms with E-state index < -0.39 is 0 Å². The maximum Gasteiger partial charge on any atom is 0.0920 e. The second-order valence-corrected chi connectivity index (χ2v) is 4.74. The summed E-state index contributed by atoms with van der Waals surface area (Å²) in [5.74, 6) is 0. The molecule has 0 fully saturated rings. The van der Waals surface area contributed by atoms with Crippen LogP contribution in [0.3, 0.4) is 0 Å². The number of hydrogen-bond acceptors (Lipinski definition) is 1. The zero-order chi connectivity index (χ0) is 11.3. The maximum absolute atomic E-state index is 6.01. The number of halogens is 1. The Kier molecular flexibility index (Phi) is 5.61. The van der Waals surface area contributed by atoms with Gasteiger partial charge in [-0.1, -0.05) is 53.8 Å². The first-order valence-electron chi connectivity index (χ1n) is 5.46. The van der Waals surface area contributed by atoms with Crippen molar-refractivity contribution in [3.63, 3.8) is 0 Å². The highest BCUT2D eigenvalue weighted by molar-refractivity contribution is 14.1. The van der Waals surface area contributed by atoms with E-state index in [4.69, 9.17) is 4.74 Å². The number of aryl methyl sites for hydroxylation is 1. The van der Waals surface area contributed by atoms with Crippen molar-refractivity contribution in [3.8, 4) is 0 Å². The molecule has 2 atom stereocenters. The lowest BCUT2D eigenvalue weighted by molar-refractivity contribution is 0.00948. The van der Waals surface area contributed by atoms with Crippen LogP contribution in [0.5, 0.6) is 0 Å². The van der Waals surface area contributed by atoms with Crippen LogP contribution in [-0.4, -0.2) is 10.5 Å². The molecule has 0 aliphatic heterocycles. The topological polar surface area (TPSA) is 9.23 Å². The van der Waals surface area contributed by atoms with Crippen molar-refractivity contribution in [3.05, 3.63) is 35.4 Å². The fraction of sp³-hybridized carbons (Fsp3) is 0.538. The van der Waals surface area contributed by atoms with Gasteiger partial charge in [0.1, 0.15) is 0 Å². The molecule has 2 heteroatoms. The fourth-order valence-corrected chi connectivity index (χ4v) is 2.20. The first-order valence-corrected chi connectivity index (χ1v) is 6.98. The molecule has 1 rings (SSSR count). The van der Waals surface area contributed by atoms with Gasteiger partial charge in [-0.05, 0) is 31.4 Å². The molecule has 0 heterocycles. The van der Waals surface area contributed by atoms with Gasteiger partial charge < -0.3 is 4.74 Å². The van der Waals surface area contributed by atoms with Crippen LogP contribution in [0.4, 0.5) is 0 Å². The molecule has 1 aromatic rings. The summed E-state index contributed by atoms with van der Waals surface area (Å²) < 4.78 is 7.02.